The molecule has 0 N–H and O–H groups in total. The Hall–Kier alpha value is -2.70. The van der Waals surface area contributed by atoms with E-state index in [1.165, 1.54) is 0 Å². The second-order valence-corrected chi connectivity index (χ2v) is 9.58. The molecule has 0 spiro atoms. The number of nitrogens with zero attached hydrogens (tertiary/aromatic N) is 3. The number of ether oxygens (including phenoxy) is 1. The minimum atomic E-state index is -0.190. The number of hydrogen-bond acceptors (Lipinski definition) is 5. The van der Waals surface area contributed by atoms with Gasteiger partial charge in [-0.1, -0.05) is 53.6 Å². The van der Waals surface area contributed by atoms with Gasteiger partial charge in [0.05, 0.1) is 30.8 Å². The number of hydrogen-bond donors (Lipinski definition) is 0. The van der Waals surface area contributed by atoms with Gasteiger partial charge in [0.15, 0.2) is 0 Å². The lowest BCUT2D eigenvalue weighted by atomic mass is 9.94. The molecule has 2 aromatic rings. The van der Waals surface area contributed by atoms with Gasteiger partial charge in [0.2, 0.25) is 0 Å². The first-order chi connectivity index (χ1) is 16.4. The fourth-order valence-corrected chi connectivity index (χ4v) is 5.12. The number of aryl methyl sites for hydroxylation is 2. The van der Waals surface area contributed by atoms with Crippen molar-refractivity contribution in [2.45, 2.75) is 46.1 Å². The van der Waals surface area contributed by atoms with E-state index >= 15 is 0 Å². The van der Waals surface area contributed by atoms with Crippen molar-refractivity contribution in [3.8, 4) is 0 Å². The molecule has 7 heteroatoms. The number of amides is 1. The molecular weight excluding hydrogens is 450 g/mol. The van der Waals surface area contributed by atoms with Crippen LogP contribution in [0.25, 0.3) is 0 Å². The molecule has 0 aromatic heterocycles. The molecule has 0 saturated carbocycles. The fraction of sp³-hybridized carbons (Fsp3) is 0.444. The van der Waals surface area contributed by atoms with Crippen LogP contribution in [0.2, 0.25) is 5.02 Å². The highest BCUT2D eigenvalue weighted by Gasteiger charge is 2.36. The van der Waals surface area contributed by atoms with Crippen molar-refractivity contribution >= 4 is 29.2 Å². The van der Waals surface area contributed by atoms with E-state index in [2.05, 4.69) is 36.9 Å². The average Bonchev–Trinajstić information content (AvgIpc) is 3.26. The molecule has 2 heterocycles. The van der Waals surface area contributed by atoms with Gasteiger partial charge in [0.25, 0.3) is 5.91 Å². The quantitative estimate of drug-likeness (QED) is 0.550. The maximum atomic E-state index is 13.6. The molecule has 1 fully saturated rings. The first-order valence-corrected chi connectivity index (χ1v) is 12.4. The Morgan fingerprint density at radius 3 is 2.74 bits per heavy atom. The van der Waals surface area contributed by atoms with Crippen LogP contribution in [0.15, 0.2) is 47.6 Å². The van der Waals surface area contributed by atoms with Crippen LogP contribution < -0.4 is 0 Å². The Morgan fingerprint density at radius 1 is 1.18 bits per heavy atom. The predicted octanol–water partition coefficient (Wildman–Crippen LogP) is 4.91. The Labute approximate surface area is 206 Å². The summed E-state index contributed by atoms with van der Waals surface area (Å²) in [7, 11) is 0. The molecule has 34 heavy (non-hydrogen) atoms. The average molecular weight is 482 g/mol. The van der Waals surface area contributed by atoms with Crippen LogP contribution in [-0.2, 0) is 14.3 Å². The molecule has 0 bridgehead atoms. The summed E-state index contributed by atoms with van der Waals surface area (Å²) in [6.45, 7) is 7.86. The van der Waals surface area contributed by atoms with Crippen LogP contribution in [0.1, 0.15) is 54.5 Å². The maximum absolute atomic E-state index is 13.6. The van der Waals surface area contributed by atoms with Crippen LogP contribution in [0.4, 0.5) is 0 Å². The molecule has 6 nitrogen and oxygen atoms in total. The van der Waals surface area contributed by atoms with Gasteiger partial charge >= 0.3 is 5.97 Å². The molecule has 1 saturated heterocycles. The van der Waals surface area contributed by atoms with Gasteiger partial charge in [-0.2, -0.15) is 5.10 Å². The minimum absolute atomic E-state index is 0.0718. The molecule has 0 aliphatic carbocycles. The molecule has 0 unspecified atom stereocenters. The number of carbonyl (C=O) groups excluding carboxylic acids is 2. The van der Waals surface area contributed by atoms with Crippen LogP contribution in [0.3, 0.4) is 0 Å². The SMILES string of the molecule is CCOC(=O)[C@H]1CCCN(CC(=O)N2N=C(c3ccccc3Cl)C[C@H]2c2cc(C)ccc2C)C1. The van der Waals surface area contributed by atoms with Crippen molar-refractivity contribution in [2.75, 3.05) is 26.2 Å². The number of hydrazone groups is 1. The zero-order valence-corrected chi connectivity index (χ0v) is 20.8. The Morgan fingerprint density at radius 2 is 1.97 bits per heavy atom. The van der Waals surface area contributed by atoms with Crippen molar-refractivity contribution in [2.24, 2.45) is 11.0 Å². The van der Waals surface area contributed by atoms with Crippen LogP contribution >= 0.6 is 11.6 Å². The molecule has 2 aliphatic rings. The van der Waals surface area contributed by atoms with E-state index in [4.69, 9.17) is 21.4 Å². The van der Waals surface area contributed by atoms with E-state index in [9.17, 15) is 9.59 Å². The molecule has 2 aliphatic heterocycles. The highest BCUT2D eigenvalue weighted by atomic mass is 35.5. The Bertz CT molecular complexity index is 1100. The largest absolute Gasteiger partial charge is 0.466 e. The summed E-state index contributed by atoms with van der Waals surface area (Å²) >= 11 is 6.47. The number of halogens is 1. The van der Waals surface area contributed by atoms with Crippen molar-refractivity contribution < 1.29 is 14.3 Å². The third kappa shape index (κ3) is 5.34. The number of likely N-dealkylation sites (tertiary alicyclic amines) is 1. The molecule has 4 rings (SSSR count). The summed E-state index contributed by atoms with van der Waals surface area (Å²) in [4.78, 5) is 27.9. The third-order valence-electron chi connectivity index (χ3n) is 6.63. The summed E-state index contributed by atoms with van der Waals surface area (Å²) in [6, 6.07) is 13.7. The minimum Gasteiger partial charge on any atom is -0.466 e. The Kier molecular flexibility index (Phi) is 7.69. The zero-order chi connectivity index (χ0) is 24.2. The number of carbonyl (C=O) groups is 2. The highest BCUT2D eigenvalue weighted by molar-refractivity contribution is 6.34. The lowest BCUT2D eigenvalue weighted by Crippen LogP contribution is -2.44. The summed E-state index contributed by atoms with van der Waals surface area (Å²) in [5.74, 6) is -0.428. The van der Waals surface area contributed by atoms with E-state index in [1.807, 2.05) is 31.2 Å². The van der Waals surface area contributed by atoms with Gasteiger partial charge in [-0.15, -0.1) is 0 Å². The second-order valence-electron chi connectivity index (χ2n) is 9.17. The van der Waals surface area contributed by atoms with Gasteiger partial charge < -0.3 is 4.74 Å². The van der Waals surface area contributed by atoms with Crippen molar-refractivity contribution in [3.05, 3.63) is 69.7 Å². The highest BCUT2D eigenvalue weighted by Crippen LogP contribution is 2.36. The fourth-order valence-electron chi connectivity index (χ4n) is 4.87. The predicted molar refractivity (Wildman–Crippen MR) is 134 cm³/mol. The second kappa shape index (κ2) is 10.7. The van der Waals surface area contributed by atoms with E-state index < -0.39 is 0 Å². The smallest absolute Gasteiger partial charge is 0.310 e. The number of benzene rings is 2. The van der Waals surface area contributed by atoms with E-state index in [0.717, 1.165) is 47.4 Å². The Balaban J connectivity index is 1.59. The number of rotatable bonds is 6. The first kappa shape index (κ1) is 24.4. The lowest BCUT2D eigenvalue weighted by molar-refractivity contribution is -0.150. The molecule has 180 valence electrons. The van der Waals surface area contributed by atoms with E-state index in [1.54, 1.807) is 5.01 Å². The summed E-state index contributed by atoms with van der Waals surface area (Å²) in [5, 5.41) is 7.06. The third-order valence-corrected chi connectivity index (χ3v) is 6.96. The number of piperidine rings is 1. The molecule has 1 amide bonds. The number of esters is 1. The maximum Gasteiger partial charge on any atom is 0.310 e. The normalized spacial score (nSPS) is 20.8. The first-order valence-electron chi connectivity index (χ1n) is 12.0. The molecule has 0 radical (unpaired) electrons. The summed E-state index contributed by atoms with van der Waals surface area (Å²) in [5.41, 5.74) is 5.04. The van der Waals surface area contributed by atoms with E-state index in [0.29, 0.717) is 24.6 Å². The van der Waals surface area contributed by atoms with Gasteiger partial charge in [-0.05, 0) is 57.4 Å². The van der Waals surface area contributed by atoms with Crippen molar-refractivity contribution in [3.63, 3.8) is 0 Å². The van der Waals surface area contributed by atoms with Crippen molar-refractivity contribution in [1.82, 2.24) is 9.91 Å². The molecule has 2 atom stereocenters. The zero-order valence-electron chi connectivity index (χ0n) is 20.1. The summed E-state index contributed by atoms with van der Waals surface area (Å²) in [6.07, 6.45) is 2.27. The van der Waals surface area contributed by atoms with Gasteiger partial charge in [-0.25, -0.2) is 5.01 Å². The van der Waals surface area contributed by atoms with Gasteiger partial charge in [-0.3, -0.25) is 14.5 Å². The van der Waals surface area contributed by atoms with Crippen LogP contribution in [0, 0.1) is 19.8 Å². The summed E-state index contributed by atoms with van der Waals surface area (Å²) < 4.78 is 5.21. The molecular formula is C27H32ClN3O3. The van der Waals surface area contributed by atoms with Gasteiger partial charge in [0, 0.05) is 23.6 Å². The van der Waals surface area contributed by atoms with E-state index in [-0.39, 0.29) is 30.4 Å². The monoisotopic (exact) mass is 481 g/mol. The lowest BCUT2D eigenvalue weighted by Gasteiger charge is -2.32. The van der Waals surface area contributed by atoms with Crippen molar-refractivity contribution in [1.29, 1.82) is 0 Å². The molecule has 2 aromatic carbocycles. The van der Waals surface area contributed by atoms with Gasteiger partial charge in [0.1, 0.15) is 0 Å². The standard InChI is InChI=1S/C27H32ClN3O3/c1-4-34-27(33)20-8-7-13-30(16-20)17-26(32)31-25(22-14-18(2)11-12-19(22)3)15-24(29-31)21-9-5-6-10-23(21)28/h5-6,9-12,14,20,25H,4,7-8,13,15-17H2,1-3H3/t20-,25-/m0/s1. The van der Waals surface area contributed by atoms with Crippen LogP contribution in [0.5, 0.6) is 0 Å². The topological polar surface area (TPSA) is 62.2 Å². The van der Waals surface area contributed by atoms with Crippen LogP contribution in [-0.4, -0.2) is 53.7 Å².